The summed E-state index contributed by atoms with van der Waals surface area (Å²) in [6.45, 7) is 5.43. The molecule has 0 unspecified atom stereocenters. The molecule has 1 atom stereocenters. The van der Waals surface area contributed by atoms with E-state index in [9.17, 15) is 4.79 Å². The number of nitriles is 1. The SMILES string of the molecule is CC(C)(C)OC(=O)N[C@@H](CC#N)c1cccc2ccccc12. The van der Waals surface area contributed by atoms with Crippen molar-refractivity contribution in [3.8, 4) is 6.07 Å². The minimum Gasteiger partial charge on any atom is -0.444 e. The molecule has 114 valence electrons. The highest BCUT2D eigenvalue weighted by atomic mass is 16.6. The molecule has 0 saturated heterocycles. The standard InChI is InChI=1S/C18H20N2O2/c1-18(2,3)22-17(21)20-16(11-12-19)15-10-6-8-13-7-4-5-9-14(13)15/h4-10,16H,11H2,1-3H3,(H,20,21)/t16-/m0/s1. The van der Waals surface area contributed by atoms with Gasteiger partial charge in [0.05, 0.1) is 18.5 Å². The molecule has 22 heavy (non-hydrogen) atoms. The molecule has 2 aromatic rings. The second-order valence-corrected chi connectivity index (χ2v) is 6.13. The normalized spacial score (nSPS) is 12.5. The Kier molecular flexibility index (Phi) is 4.67. The summed E-state index contributed by atoms with van der Waals surface area (Å²) in [5.74, 6) is 0. The van der Waals surface area contributed by atoms with E-state index in [0.29, 0.717) is 0 Å². The monoisotopic (exact) mass is 296 g/mol. The van der Waals surface area contributed by atoms with E-state index in [1.165, 1.54) is 0 Å². The predicted octanol–water partition coefficient (Wildman–Crippen LogP) is 4.32. The second kappa shape index (κ2) is 6.48. The highest BCUT2D eigenvalue weighted by Gasteiger charge is 2.21. The topological polar surface area (TPSA) is 62.1 Å². The van der Waals surface area contributed by atoms with E-state index in [1.54, 1.807) is 0 Å². The molecule has 0 heterocycles. The summed E-state index contributed by atoms with van der Waals surface area (Å²) >= 11 is 0. The smallest absolute Gasteiger partial charge is 0.408 e. The van der Waals surface area contributed by atoms with Gasteiger partial charge in [0.1, 0.15) is 5.60 Å². The number of fused-ring (bicyclic) bond motifs is 1. The summed E-state index contributed by atoms with van der Waals surface area (Å²) in [4.78, 5) is 12.0. The number of nitrogens with one attached hydrogen (secondary N) is 1. The van der Waals surface area contributed by atoms with Crippen molar-refractivity contribution in [2.75, 3.05) is 0 Å². The van der Waals surface area contributed by atoms with Gasteiger partial charge in [-0.3, -0.25) is 0 Å². The Labute approximate surface area is 130 Å². The van der Waals surface area contributed by atoms with Crippen LogP contribution in [0.1, 0.15) is 38.8 Å². The number of hydrogen-bond donors (Lipinski definition) is 1. The zero-order chi connectivity index (χ0) is 16.2. The summed E-state index contributed by atoms with van der Waals surface area (Å²) in [7, 11) is 0. The lowest BCUT2D eigenvalue weighted by Crippen LogP contribution is -2.35. The number of rotatable bonds is 3. The molecule has 2 rings (SSSR count). The third-order valence-corrected chi connectivity index (χ3v) is 3.19. The first-order chi connectivity index (χ1) is 10.4. The van der Waals surface area contributed by atoms with Gasteiger partial charge in [0, 0.05) is 0 Å². The second-order valence-electron chi connectivity index (χ2n) is 6.13. The summed E-state index contributed by atoms with van der Waals surface area (Å²) in [6.07, 6.45) is -0.326. The Morgan fingerprint density at radius 3 is 2.59 bits per heavy atom. The van der Waals surface area contributed by atoms with Gasteiger partial charge in [0.25, 0.3) is 0 Å². The zero-order valence-corrected chi connectivity index (χ0v) is 13.1. The van der Waals surface area contributed by atoms with Crippen molar-refractivity contribution in [3.63, 3.8) is 0 Å². The Balaban J connectivity index is 2.31. The molecule has 4 heteroatoms. The number of hydrogen-bond acceptors (Lipinski definition) is 3. The van der Waals surface area contributed by atoms with Gasteiger partial charge in [-0.05, 0) is 37.1 Å². The molecule has 0 fully saturated rings. The van der Waals surface area contributed by atoms with Crippen LogP contribution >= 0.6 is 0 Å². The van der Waals surface area contributed by atoms with Crippen LogP contribution in [0.5, 0.6) is 0 Å². The fourth-order valence-electron chi connectivity index (χ4n) is 2.33. The summed E-state index contributed by atoms with van der Waals surface area (Å²) in [6, 6.07) is 15.5. The largest absolute Gasteiger partial charge is 0.444 e. The van der Waals surface area contributed by atoms with E-state index in [0.717, 1.165) is 16.3 Å². The van der Waals surface area contributed by atoms with Crippen LogP contribution in [0.3, 0.4) is 0 Å². The van der Waals surface area contributed by atoms with Gasteiger partial charge in [0.2, 0.25) is 0 Å². The molecule has 4 nitrogen and oxygen atoms in total. The van der Waals surface area contributed by atoms with Gasteiger partial charge < -0.3 is 10.1 Å². The van der Waals surface area contributed by atoms with E-state index in [-0.39, 0.29) is 6.42 Å². The number of amides is 1. The third kappa shape index (κ3) is 3.98. The molecule has 0 aliphatic rings. The van der Waals surface area contributed by atoms with Crippen molar-refractivity contribution in [3.05, 3.63) is 48.0 Å². The molecule has 2 aromatic carbocycles. The first-order valence-corrected chi connectivity index (χ1v) is 7.25. The van der Waals surface area contributed by atoms with Crippen LogP contribution in [0.2, 0.25) is 0 Å². The van der Waals surface area contributed by atoms with Gasteiger partial charge in [-0.1, -0.05) is 42.5 Å². The molecule has 0 aromatic heterocycles. The lowest BCUT2D eigenvalue weighted by molar-refractivity contribution is 0.0505. The van der Waals surface area contributed by atoms with Crippen LogP contribution in [0.4, 0.5) is 4.79 Å². The third-order valence-electron chi connectivity index (χ3n) is 3.19. The van der Waals surface area contributed by atoms with Crippen molar-refractivity contribution in [2.45, 2.75) is 38.8 Å². The summed E-state index contributed by atoms with van der Waals surface area (Å²) in [5.41, 5.74) is 0.352. The van der Waals surface area contributed by atoms with Crippen molar-refractivity contribution < 1.29 is 9.53 Å². The van der Waals surface area contributed by atoms with Gasteiger partial charge in [-0.15, -0.1) is 0 Å². The average molecular weight is 296 g/mol. The van der Waals surface area contributed by atoms with E-state index < -0.39 is 17.7 Å². The van der Waals surface area contributed by atoms with Crippen molar-refractivity contribution in [2.24, 2.45) is 0 Å². The van der Waals surface area contributed by atoms with Crippen LogP contribution in [-0.2, 0) is 4.74 Å². The number of carbonyl (C=O) groups is 1. The van der Waals surface area contributed by atoms with Crippen molar-refractivity contribution in [1.82, 2.24) is 5.32 Å². The minimum absolute atomic E-state index is 0.188. The summed E-state index contributed by atoms with van der Waals surface area (Å²) < 4.78 is 5.29. The molecule has 0 saturated carbocycles. The number of alkyl carbamates (subject to hydrolysis) is 1. The lowest BCUT2D eigenvalue weighted by Gasteiger charge is -2.23. The molecule has 1 amide bonds. The molecular weight excluding hydrogens is 276 g/mol. The number of benzene rings is 2. The van der Waals surface area contributed by atoms with Crippen LogP contribution in [0.15, 0.2) is 42.5 Å². The Hall–Kier alpha value is -2.54. The van der Waals surface area contributed by atoms with Crippen molar-refractivity contribution >= 4 is 16.9 Å². The lowest BCUT2D eigenvalue weighted by atomic mass is 9.97. The Morgan fingerprint density at radius 1 is 1.23 bits per heavy atom. The van der Waals surface area contributed by atoms with Crippen LogP contribution < -0.4 is 5.32 Å². The molecule has 1 N–H and O–H groups in total. The van der Waals surface area contributed by atoms with Gasteiger partial charge in [-0.25, -0.2) is 4.79 Å². The molecule has 0 bridgehead atoms. The van der Waals surface area contributed by atoms with Crippen LogP contribution in [0.25, 0.3) is 10.8 Å². The first kappa shape index (κ1) is 15.8. The van der Waals surface area contributed by atoms with Gasteiger partial charge in [0.15, 0.2) is 0 Å². The summed E-state index contributed by atoms with van der Waals surface area (Å²) in [5, 5.41) is 14.0. The highest BCUT2D eigenvalue weighted by molar-refractivity contribution is 5.86. The number of ether oxygens (including phenoxy) is 1. The van der Waals surface area contributed by atoms with E-state index in [4.69, 9.17) is 10.00 Å². The van der Waals surface area contributed by atoms with Crippen LogP contribution in [0, 0.1) is 11.3 Å². The van der Waals surface area contributed by atoms with Crippen molar-refractivity contribution in [1.29, 1.82) is 5.26 Å². The maximum Gasteiger partial charge on any atom is 0.408 e. The molecule has 0 radical (unpaired) electrons. The van der Waals surface area contributed by atoms with Crippen LogP contribution in [-0.4, -0.2) is 11.7 Å². The highest BCUT2D eigenvalue weighted by Crippen LogP contribution is 2.26. The fourth-order valence-corrected chi connectivity index (χ4v) is 2.33. The molecule has 0 aliphatic carbocycles. The zero-order valence-electron chi connectivity index (χ0n) is 13.1. The average Bonchev–Trinajstić information content (AvgIpc) is 2.44. The minimum atomic E-state index is -0.569. The van der Waals surface area contributed by atoms with E-state index in [1.807, 2.05) is 63.2 Å². The Morgan fingerprint density at radius 2 is 1.91 bits per heavy atom. The van der Waals surface area contributed by atoms with E-state index >= 15 is 0 Å². The van der Waals surface area contributed by atoms with E-state index in [2.05, 4.69) is 11.4 Å². The van der Waals surface area contributed by atoms with Gasteiger partial charge >= 0.3 is 6.09 Å². The first-order valence-electron chi connectivity index (χ1n) is 7.25. The molecule has 0 spiro atoms. The maximum atomic E-state index is 12.0. The Bertz CT molecular complexity index is 706. The maximum absolute atomic E-state index is 12.0. The number of nitrogens with zero attached hydrogens (tertiary/aromatic N) is 1. The quantitative estimate of drug-likeness (QED) is 0.917. The fraction of sp³-hybridized carbons (Fsp3) is 0.333. The van der Waals surface area contributed by atoms with Gasteiger partial charge in [-0.2, -0.15) is 5.26 Å². The predicted molar refractivity (Wildman–Crippen MR) is 86.3 cm³/mol. The molecular formula is C18H20N2O2. The number of carbonyl (C=O) groups excluding carboxylic acids is 1. The molecule has 0 aliphatic heterocycles.